The highest BCUT2D eigenvalue weighted by Gasteiger charge is 2.46. The number of carbonyl (C=O) groups excluding carboxylic acids is 3. The Bertz CT molecular complexity index is 1220. The molecular weight excluding hydrogens is 557 g/mol. The molecule has 0 saturated carbocycles. The minimum atomic E-state index is -5.22. The minimum absolute atomic E-state index is 0.0182. The van der Waals surface area contributed by atoms with Crippen molar-refractivity contribution in [2.24, 2.45) is 5.92 Å². The number of halogens is 3. The van der Waals surface area contributed by atoms with Crippen LogP contribution in [0.4, 0.5) is 18.0 Å². The van der Waals surface area contributed by atoms with Crippen LogP contribution in [0.15, 0.2) is 42.7 Å². The zero-order valence-corrected chi connectivity index (χ0v) is 24.1. The van der Waals surface area contributed by atoms with Crippen LogP contribution in [-0.4, -0.2) is 59.5 Å². The summed E-state index contributed by atoms with van der Waals surface area (Å²) in [5, 5.41) is 5.30. The molecule has 0 bridgehead atoms. The van der Waals surface area contributed by atoms with E-state index in [0.717, 1.165) is 0 Å². The summed E-state index contributed by atoms with van der Waals surface area (Å²) in [5.74, 6) is -2.43. The summed E-state index contributed by atoms with van der Waals surface area (Å²) in [7, 11) is 0. The van der Waals surface area contributed by atoms with E-state index in [1.165, 1.54) is 30.6 Å². The highest BCUT2D eigenvalue weighted by atomic mass is 19.4. The quantitative estimate of drug-likeness (QED) is 0.359. The Balaban J connectivity index is 1.83. The van der Waals surface area contributed by atoms with Crippen molar-refractivity contribution in [1.29, 1.82) is 0 Å². The van der Waals surface area contributed by atoms with Crippen molar-refractivity contribution in [1.82, 2.24) is 20.5 Å². The Morgan fingerprint density at radius 3 is 2.36 bits per heavy atom. The number of hydrogen-bond donors (Lipinski definition) is 2. The van der Waals surface area contributed by atoms with Gasteiger partial charge in [-0.2, -0.15) is 13.2 Å². The highest BCUT2D eigenvalue weighted by Crippen LogP contribution is 2.37. The molecule has 1 aromatic carbocycles. The lowest BCUT2D eigenvalue weighted by molar-refractivity contribution is -0.189. The van der Waals surface area contributed by atoms with Crippen molar-refractivity contribution >= 4 is 17.9 Å². The van der Waals surface area contributed by atoms with Crippen molar-refractivity contribution < 1.29 is 41.8 Å². The maximum absolute atomic E-state index is 13.9. The first-order chi connectivity index (χ1) is 19.8. The van der Waals surface area contributed by atoms with Gasteiger partial charge >= 0.3 is 18.2 Å². The predicted octanol–water partition coefficient (Wildman–Crippen LogP) is 4.89. The summed E-state index contributed by atoms with van der Waals surface area (Å²) in [4.78, 5) is 42.8. The van der Waals surface area contributed by atoms with Crippen LogP contribution in [0.25, 0.3) is 0 Å². The van der Waals surface area contributed by atoms with Crippen LogP contribution in [0.5, 0.6) is 11.5 Å². The normalized spacial score (nSPS) is 14.1. The monoisotopic (exact) mass is 594 g/mol. The van der Waals surface area contributed by atoms with Gasteiger partial charge in [0.15, 0.2) is 11.5 Å². The Hall–Kier alpha value is -4.03. The SMILES string of the molecule is CCC(CCNC(=O)OC(C)(C)C)CCN(C(=O)C(F)(F)F)C(C(=O)NCc1ccncc1)c1ccc2c(c1)OCO2. The second-order valence-corrected chi connectivity index (χ2v) is 10.9. The first-order valence-corrected chi connectivity index (χ1v) is 13.7. The van der Waals surface area contributed by atoms with Crippen molar-refractivity contribution in [3.05, 3.63) is 53.9 Å². The van der Waals surface area contributed by atoms with Crippen LogP contribution in [0.2, 0.25) is 0 Å². The van der Waals surface area contributed by atoms with E-state index >= 15 is 0 Å². The molecule has 2 aromatic rings. The number of pyridine rings is 1. The summed E-state index contributed by atoms with van der Waals surface area (Å²) < 4.78 is 57.6. The third-order valence-corrected chi connectivity index (χ3v) is 6.57. The lowest BCUT2D eigenvalue weighted by Crippen LogP contribution is -2.49. The summed E-state index contributed by atoms with van der Waals surface area (Å²) in [6, 6.07) is 6.07. The number of nitrogens with one attached hydrogen (secondary N) is 2. The van der Waals surface area contributed by atoms with E-state index in [1.54, 1.807) is 32.9 Å². The van der Waals surface area contributed by atoms with E-state index < -0.39 is 35.7 Å². The molecule has 1 aliphatic rings. The van der Waals surface area contributed by atoms with Crippen LogP contribution in [0.1, 0.15) is 64.1 Å². The van der Waals surface area contributed by atoms with Crippen molar-refractivity contribution in [3.8, 4) is 11.5 Å². The van der Waals surface area contributed by atoms with Gasteiger partial charge in [-0.1, -0.05) is 19.4 Å². The number of nitrogens with zero attached hydrogens (tertiary/aromatic N) is 2. The summed E-state index contributed by atoms with van der Waals surface area (Å²) in [6.45, 7) is 6.89. The van der Waals surface area contributed by atoms with E-state index in [0.29, 0.717) is 29.1 Å². The fourth-order valence-corrected chi connectivity index (χ4v) is 4.42. The Kier molecular flexibility index (Phi) is 11.0. The topological polar surface area (TPSA) is 119 Å². The van der Waals surface area contributed by atoms with Gasteiger partial charge < -0.3 is 29.7 Å². The first-order valence-electron chi connectivity index (χ1n) is 13.7. The van der Waals surface area contributed by atoms with E-state index in [9.17, 15) is 27.6 Å². The van der Waals surface area contributed by atoms with Crippen LogP contribution >= 0.6 is 0 Å². The molecule has 0 radical (unpaired) electrons. The average Bonchev–Trinajstić information content (AvgIpc) is 3.39. The van der Waals surface area contributed by atoms with E-state index in [-0.39, 0.29) is 50.1 Å². The van der Waals surface area contributed by atoms with Crippen LogP contribution < -0.4 is 20.1 Å². The number of rotatable bonds is 12. The first kappa shape index (κ1) is 32.5. The van der Waals surface area contributed by atoms with Crippen LogP contribution in [-0.2, 0) is 20.9 Å². The van der Waals surface area contributed by atoms with Gasteiger partial charge in [0.05, 0.1) is 0 Å². The number of benzene rings is 1. The number of ether oxygens (including phenoxy) is 3. The van der Waals surface area contributed by atoms with Crippen molar-refractivity contribution in [3.63, 3.8) is 0 Å². The van der Waals surface area contributed by atoms with Gasteiger partial charge in [0, 0.05) is 32.0 Å². The Morgan fingerprint density at radius 1 is 1.02 bits per heavy atom. The zero-order valence-electron chi connectivity index (χ0n) is 24.1. The molecule has 2 unspecified atom stereocenters. The summed E-state index contributed by atoms with van der Waals surface area (Å²) in [6.07, 6.45) is -1.59. The molecule has 1 aromatic heterocycles. The molecule has 0 aliphatic carbocycles. The summed E-state index contributed by atoms with van der Waals surface area (Å²) in [5.41, 5.74) is 0.151. The molecule has 3 rings (SSSR count). The molecule has 2 N–H and O–H groups in total. The molecule has 0 saturated heterocycles. The van der Waals surface area contributed by atoms with E-state index in [4.69, 9.17) is 14.2 Å². The fraction of sp³-hybridized carbons (Fsp3) is 0.517. The molecule has 3 amide bonds. The molecule has 2 heterocycles. The predicted molar refractivity (Wildman–Crippen MR) is 146 cm³/mol. The molecule has 2 atom stereocenters. The largest absolute Gasteiger partial charge is 0.471 e. The molecule has 0 fully saturated rings. The van der Waals surface area contributed by atoms with E-state index in [1.807, 2.05) is 6.92 Å². The van der Waals surface area contributed by atoms with Gasteiger partial charge in [0.25, 0.3) is 0 Å². The van der Waals surface area contributed by atoms with Gasteiger partial charge in [0.1, 0.15) is 11.6 Å². The molecule has 13 heteroatoms. The van der Waals surface area contributed by atoms with Gasteiger partial charge in [-0.3, -0.25) is 14.6 Å². The fourth-order valence-electron chi connectivity index (χ4n) is 4.42. The number of aromatic nitrogens is 1. The molecule has 0 spiro atoms. The Labute approximate surface area is 242 Å². The van der Waals surface area contributed by atoms with E-state index in [2.05, 4.69) is 15.6 Å². The van der Waals surface area contributed by atoms with Gasteiger partial charge in [0.2, 0.25) is 12.7 Å². The van der Waals surface area contributed by atoms with Crippen LogP contribution in [0, 0.1) is 5.92 Å². The highest BCUT2D eigenvalue weighted by molar-refractivity contribution is 5.91. The maximum atomic E-state index is 13.9. The van der Waals surface area contributed by atoms with Crippen molar-refractivity contribution in [2.75, 3.05) is 19.9 Å². The third-order valence-electron chi connectivity index (χ3n) is 6.57. The van der Waals surface area contributed by atoms with Gasteiger partial charge in [-0.25, -0.2) is 4.79 Å². The van der Waals surface area contributed by atoms with Gasteiger partial charge in [-0.15, -0.1) is 0 Å². The average molecular weight is 595 g/mol. The summed E-state index contributed by atoms with van der Waals surface area (Å²) >= 11 is 0. The number of carbonyl (C=O) groups is 3. The number of alkyl halides is 3. The van der Waals surface area contributed by atoms with Crippen LogP contribution in [0.3, 0.4) is 0 Å². The van der Waals surface area contributed by atoms with Crippen molar-refractivity contribution in [2.45, 2.75) is 71.3 Å². The zero-order chi connectivity index (χ0) is 30.9. The molecule has 42 heavy (non-hydrogen) atoms. The second-order valence-electron chi connectivity index (χ2n) is 10.9. The lowest BCUT2D eigenvalue weighted by Gasteiger charge is -2.33. The molecular formula is C29H37F3N4O6. The van der Waals surface area contributed by atoms with Gasteiger partial charge in [-0.05, 0) is 74.9 Å². The third kappa shape index (κ3) is 9.52. The maximum Gasteiger partial charge on any atom is 0.471 e. The lowest BCUT2D eigenvalue weighted by atomic mass is 9.96. The number of hydrogen-bond acceptors (Lipinski definition) is 7. The molecule has 230 valence electrons. The molecule has 10 nitrogen and oxygen atoms in total. The number of amides is 3. The number of fused-ring (bicyclic) bond motifs is 1. The second kappa shape index (κ2) is 14.2. The molecule has 1 aliphatic heterocycles. The minimum Gasteiger partial charge on any atom is -0.454 e. The smallest absolute Gasteiger partial charge is 0.454 e. The Morgan fingerprint density at radius 2 is 1.71 bits per heavy atom. The standard InChI is InChI=1S/C29H37F3N4O6/c1-5-19(10-14-34-27(39)42-28(2,3)4)11-15-36(26(38)29(30,31)32)24(21-6-7-22-23(16-21)41-18-40-22)25(37)35-17-20-8-12-33-13-9-20/h6-9,12-13,16,19,24H,5,10-11,14-15,17-18H2,1-4H3,(H,34,39)(H,35,37). The number of alkyl carbamates (subject to hydrolysis) is 1.